The zero-order valence-electron chi connectivity index (χ0n) is 11.4. The molecule has 1 aromatic heterocycles. The van der Waals surface area contributed by atoms with Crippen LogP contribution in [0.2, 0.25) is 0 Å². The number of thiophene rings is 1. The monoisotopic (exact) mass is 290 g/mol. The van der Waals surface area contributed by atoms with E-state index in [0.29, 0.717) is 5.56 Å². The first-order valence-corrected chi connectivity index (χ1v) is 7.65. The topological polar surface area (TPSA) is 17.1 Å². The van der Waals surface area contributed by atoms with Gasteiger partial charge in [0, 0.05) is 5.56 Å². The molecule has 3 rings (SSSR count). The molecule has 0 aliphatic heterocycles. The van der Waals surface area contributed by atoms with Crippen molar-refractivity contribution in [1.29, 1.82) is 0 Å². The van der Waals surface area contributed by atoms with Crippen molar-refractivity contribution in [2.24, 2.45) is 0 Å². The molecule has 3 aromatic rings. The minimum Gasteiger partial charge on any atom is -0.298 e. The molecular formula is C19H14OS. The Morgan fingerprint density at radius 3 is 2.19 bits per heavy atom. The summed E-state index contributed by atoms with van der Waals surface area (Å²) in [5, 5.41) is 4.24. The number of carbonyl (C=O) groups excluding carboxylic acids is 1. The second kappa shape index (κ2) is 6.33. The van der Waals surface area contributed by atoms with Crippen LogP contribution >= 0.6 is 11.3 Å². The van der Waals surface area contributed by atoms with Crippen LogP contribution in [0.5, 0.6) is 0 Å². The van der Waals surface area contributed by atoms with Gasteiger partial charge in [0.1, 0.15) is 6.29 Å². The van der Waals surface area contributed by atoms with Gasteiger partial charge in [-0.25, -0.2) is 0 Å². The van der Waals surface area contributed by atoms with Gasteiger partial charge in [-0.3, -0.25) is 4.79 Å². The molecule has 0 aliphatic carbocycles. The number of carbonyl (C=O) groups is 1. The van der Waals surface area contributed by atoms with Crippen LogP contribution in [0.3, 0.4) is 0 Å². The summed E-state index contributed by atoms with van der Waals surface area (Å²) < 4.78 is 0. The van der Waals surface area contributed by atoms with E-state index >= 15 is 0 Å². The molecular weight excluding hydrogens is 276 g/mol. The Kier molecular flexibility index (Phi) is 4.08. The van der Waals surface area contributed by atoms with Crippen molar-refractivity contribution >= 4 is 29.8 Å². The summed E-state index contributed by atoms with van der Waals surface area (Å²) >= 11 is 1.70. The molecule has 1 heterocycles. The Morgan fingerprint density at radius 2 is 1.48 bits per heavy atom. The molecule has 0 aliphatic rings. The number of benzene rings is 2. The van der Waals surface area contributed by atoms with Crippen molar-refractivity contribution in [3.8, 4) is 11.1 Å². The number of hydrogen-bond acceptors (Lipinski definition) is 2. The van der Waals surface area contributed by atoms with Crippen LogP contribution in [0, 0.1) is 0 Å². The van der Waals surface area contributed by atoms with Crippen LogP contribution in [0.1, 0.15) is 21.5 Å². The van der Waals surface area contributed by atoms with Crippen LogP contribution < -0.4 is 0 Å². The highest BCUT2D eigenvalue weighted by Crippen LogP contribution is 2.23. The van der Waals surface area contributed by atoms with Crippen LogP contribution in [0.15, 0.2) is 65.4 Å². The molecule has 21 heavy (non-hydrogen) atoms. The summed E-state index contributed by atoms with van der Waals surface area (Å²) in [6, 6.07) is 18.1. The minimum absolute atomic E-state index is 0.698. The Labute approximate surface area is 128 Å². The van der Waals surface area contributed by atoms with Gasteiger partial charge in [0.15, 0.2) is 0 Å². The maximum Gasteiger partial charge on any atom is 0.150 e. The van der Waals surface area contributed by atoms with Crippen LogP contribution in [0.4, 0.5) is 0 Å². The molecule has 0 spiro atoms. The summed E-state index contributed by atoms with van der Waals surface area (Å²) in [5.41, 5.74) is 5.35. The highest BCUT2D eigenvalue weighted by molar-refractivity contribution is 7.08. The molecule has 0 fully saturated rings. The van der Waals surface area contributed by atoms with Crippen molar-refractivity contribution in [3.63, 3.8) is 0 Å². The normalized spacial score (nSPS) is 10.9. The Balaban J connectivity index is 1.86. The Bertz CT molecular complexity index is 770. The third-order valence-electron chi connectivity index (χ3n) is 3.26. The predicted molar refractivity (Wildman–Crippen MR) is 90.5 cm³/mol. The molecule has 2 aromatic carbocycles. The van der Waals surface area contributed by atoms with Gasteiger partial charge in [0.25, 0.3) is 0 Å². The molecule has 0 radical (unpaired) electrons. The smallest absolute Gasteiger partial charge is 0.150 e. The van der Waals surface area contributed by atoms with Crippen LogP contribution in [-0.2, 0) is 0 Å². The lowest BCUT2D eigenvalue weighted by Crippen LogP contribution is -1.80. The largest absolute Gasteiger partial charge is 0.298 e. The zero-order chi connectivity index (χ0) is 14.5. The maximum atomic E-state index is 10.8. The first kappa shape index (κ1) is 13.5. The molecule has 0 saturated heterocycles. The molecule has 102 valence electrons. The predicted octanol–water partition coefficient (Wildman–Crippen LogP) is 5.40. The molecule has 2 heteroatoms. The first-order chi connectivity index (χ1) is 10.3. The van der Waals surface area contributed by atoms with Crippen LogP contribution in [-0.4, -0.2) is 6.29 Å². The first-order valence-electron chi connectivity index (χ1n) is 6.71. The van der Waals surface area contributed by atoms with E-state index in [1.807, 2.05) is 30.3 Å². The standard InChI is InChI=1S/C19H14OS/c20-13-17-5-1-3-15(11-17)7-8-16-4-2-6-18(12-16)19-9-10-21-14-19/h1-14H. The van der Waals surface area contributed by atoms with Gasteiger partial charge < -0.3 is 0 Å². The minimum atomic E-state index is 0.698. The lowest BCUT2D eigenvalue weighted by atomic mass is 10.0. The van der Waals surface area contributed by atoms with Crippen molar-refractivity contribution in [2.45, 2.75) is 0 Å². The van der Waals surface area contributed by atoms with Crippen molar-refractivity contribution in [1.82, 2.24) is 0 Å². The van der Waals surface area contributed by atoms with Crippen molar-refractivity contribution in [2.75, 3.05) is 0 Å². The molecule has 1 nitrogen and oxygen atoms in total. The number of aldehydes is 1. The van der Waals surface area contributed by atoms with Gasteiger partial charge in [-0.05, 0) is 51.2 Å². The highest BCUT2D eigenvalue weighted by atomic mass is 32.1. The van der Waals surface area contributed by atoms with E-state index in [1.165, 1.54) is 11.1 Å². The molecule has 0 amide bonds. The summed E-state index contributed by atoms with van der Waals surface area (Å²) in [6.07, 6.45) is 4.97. The van der Waals surface area contributed by atoms with E-state index in [1.54, 1.807) is 11.3 Å². The fraction of sp³-hybridized carbons (Fsp3) is 0. The van der Waals surface area contributed by atoms with E-state index in [0.717, 1.165) is 17.4 Å². The quantitative estimate of drug-likeness (QED) is 0.464. The third kappa shape index (κ3) is 3.36. The molecule has 0 N–H and O–H groups in total. The molecule has 0 bridgehead atoms. The maximum absolute atomic E-state index is 10.8. The fourth-order valence-electron chi connectivity index (χ4n) is 2.18. The van der Waals surface area contributed by atoms with E-state index in [2.05, 4.69) is 47.2 Å². The van der Waals surface area contributed by atoms with E-state index in [9.17, 15) is 4.79 Å². The SMILES string of the molecule is O=Cc1cccc(C=Cc2cccc(-c3ccsc3)c2)c1. The fourth-order valence-corrected chi connectivity index (χ4v) is 2.84. The second-order valence-corrected chi connectivity index (χ2v) is 5.54. The van der Waals surface area contributed by atoms with E-state index in [4.69, 9.17) is 0 Å². The second-order valence-electron chi connectivity index (χ2n) is 4.76. The van der Waals surface area contributed by atoms with E-state index < -0.39 is 0 Å². The van der Waals surface area contributed by atoms with Gasteiger partial charge in [0.05, 0.1) is 0 Å². The Hall–Kier alpha value is -2.45. The lowest BCUT2D eigenvalue weighted by Gasteiger charge is -2.00. The number of rotatable bonds is 4. The third-order valence-corrected chi connectivity index (χ3v) is 3.94. The van der Waals surface area contributed by atoms with Gasteiger partial charge in [-0.15, -0.1) is 0 Å². The summed E-state index contributed by atoms with van der Waals surface area (Å²) in [6.45, 7) is 0. The zero-order valence-corrected chi connectivity index (χ0v) is 12.2. The summed E-state index contributed by atoms with van der Waals surface area (Å²) in [4.78, 5) is 10.8. The van der Waals surface area contributed by atoms with E-state index in [-0.39, 0.29) is 0 Å². The average molecular weight is 290 g/mol. The molecule has 0 saturated carbocycles. The van der Waals surface area contributed by atoms with Crippen LogP contribution in [0.25, 0.3) is 23.3 Å². The Morgan fingerprint density at radius 1 is 0.762 bits per heavy atom. The summed E-state index contributed by atoms with van der Waals surface area (Å²) in [5.74, 6) is 0. The average Bonchev–Trinajstić information content (AvgIpc) is 3.08. The van der Waals surface area contributed by atoms with Gasteiger partial charge in [-0.1, -0.05) is 48.6 Å². The van der Waals surface area contributed by atoms with Gasteiger partial charge in [-0.2, -0.15) is 11.3 Å². The number of hydrogen-bond donors (Lipinski definition) is 0. The molecule has 0 atom stereocenters. The van der Waals surface area contributed by atoms with Gasteiger partial charge >= 0.3 is 0 Å². The van der Waals surface area contributed by atoms with Crippen molar-refractivity contribution in [3.05, 3.63) is 82.0 Å². The van der Waals surface area contributed by atoms with Crippen molar-refractivity contribution < 1.29 is 4.79 Å². The molecule has 0 unspecified atom stereocenters. The lowest BCUT2D eigenvalue weighted by molar-refractivity contribution is 0.112. The highest BCUT2D eigenvalue weighted by Gasteiger charge is 1.98. The summed E-state index contributed by atoms with van der Waals surface area (Å²) in [7, 11) is 0. The van der Waals surface area contributed by atoms with Gasteiger partial charge in [0.2, 0.25) is 0 Å².